The first-order chi connectivity index (χ1) is 18.8. The quantitative estimate of drug-likeness (QED) is 0.0801. The number of ether oxygens (including phenoxy) is 1. The number of carbonyl (C=O) groups is 1. The number of pyridine rings is 1. The van der Waals surface area contributed by atoms with Gasteiger partial charge in [-0.25, -0.2) is 0 Å². The maximum atomic E-state index is 12.8. The molecule has 2 aromatic carbocycles. The van der Waals surface area contributed by atoms with Crippen molar-refractivity contribution in [2.75, 3.05) is 6.61 Å². The Morgan fingerprint density at radius 1 is 0.632 bits per heavy atom. The average Bonchev–Trinajstić information content (AvgIpc) is 2.95. The molecule has 0 radical (unpaired) electrons. The van der Waals surface area contributed by atoms with Gasteiger partial charge in [0.2, 0.25) is 17.8 Å². The number of Topliss-reactive ketones (excluding diaryl/α,β-unsaturated/α-hetero) is 1. The number of hydrogen-bond acceptors (Lipinski definition) is 2. The Kier molecular flexibility index (Phi) is 14.6. The standard InChI is InChI=1S/C35H50NO2/c1-2-3-4-5-6-7-8-9-10-11-12-13-14-15-16-19-29-38-33-26-24-32(25-27-33)35(37)30-36-28-20-22-31-21-17-18-23-34(31)36/h17-18,20-28H,2-16,19,29-30H2,1H3/q+1. The zero-order valence-corrected chi connectivity index (χ0v) is 23.8. The van der Waals surface area contributed by atoms with Crippen LogP contribution < -0.4 is 9.30 Å². The minimum Gasteiger partial charge on any atom is -0.494 e. The van der Waals surface area contributed by atoms with Crippen LogP contribution in [0.15, 0.2) is 66.9 Å². The summed E-state index contributed by atoms with van der Waals surface area (Å²) in [6.07, 6.45) is 24.0. The van der Waals surface area contributed by atoms with Crippen molar-refractivity contribution in [2.45, 2.75) is 116 Å². The minimum absolute atomic E-state index is 0.107. The molecule has 38 heavy (non-hydrogen) atoms. The van der Waals surface area contributed by atoms with E-state index >= 15 is 0 Å². The smallest absolute Gasteiger partial charge is 0.227 e. The number of rotatable bonds is 21. The first-order valence-corrected chi connectivity index (χ1v) is 15.4. The van der Waals surface area contributed by atoms with Crippen LogP contribution in [0.25, 0.3) is 10.9 Å². The Hall–Kier alpha value is -2.68. The zero-order valence-electron chi connectivity index (χ0n) is 23.8. The number of aromatic nitrogens is 1. The molecule has 206 valence electrons. The Morgan fingerprint density at radius 3 is 1.76 bits per heavy atom. The number of carbonyl (C=O) groups excluding carboxylic acids is 1. The van der Waals surface area contributed by atoms with Crippen LogP contribution in [0.2, 0.25) is 0 Å². The van der Waals surface area contributed by atoms with Crippen LogP contribution in [-0.4, -0.2) is 12.4 Å². The van der Waals surface area contributed by atoms with Crippen LogP contribution in [0.4, 0.5) is 0 Å². The fourth-order valence-corrected chi connectivity index (χ4v) is 5.18. The summed E-state index contributed by atoms with van der Waals surface area (Å²) in [5, 5.41) is 1.14. The lowest BCUT2D eigenvalue weighted by atomic mass is 10.0. The van der Waals surface area contributed by atoms with Crippen molar-refractivity contribution in [3.63, 3.8) is 0 Å². The molecule has 3 rings (SSSR count). The number of hydrogen-bond donors (Lipinski definition) is 0. The van der Waals surface area contributed by atoms with Crippen molar-refractivity contribution in [1.29, 1.82) is 0 Å². The lowest BCUT2D eigenvalue weighted by molar-refractivity contribution is -0.657. The summed E-state index contributed by atoms with van der Waals surface area (Å²) in [4.78, 5) is 12.8. The Labute approximate surface area is 231 Å². The molecule has 0 saturated carbocycles. The normalized spacial score (nSPS) is 11.2. The van der Waals surface area contributed by atoms with Crippen LogP contribution in [0.1, 0.15) is 120 Å². The van der Waals surface area contributed by atoms with Crippen molar-refractivity contribution in [3.8, 4) is 5.75 Å². The molecule has 3 aromatic rings. The van der Waals surface area contributed by atoms with Crippen LogP contribution >= 0.6 is 0 Å². The Morgan fingerprint density at radius 2 is 1.16 bits per heavy atom. The lowest BCUT2D eigenvalue weighted by Gasteiger charge is -2.07. The topological polar surface area (TPSA) is 30.2 Å². The molecule has 0 aliphatic heterocycles. The lowest BCUT2D eigenvalue weighted by Crippen LogP contribution is -2.38. The van der Waals surface area contributed by atoms with Crippen molar-refractivity contribution in [2.24, 2.45) is 0 Å². The minimum atomic E-state index is 0.107. The van der Waals surface area contributed by atoms with Gasteiger partial charge in [-0.05, 0) is 42.8 Å². The van der Waals surface area contributed by atoms with Crippen LogP contribution in [0, 0.1) is 0 Å². The predicted octanol–water partition coefficient (Wildman–Crippen LogP) is 9.65. The summed E-state index contributed by atoms with van der Waals surface area (Å²) < 4.78 is 7.93. The molecule has 0 fully saturated rings. The SMILES string of the molecule is CCCCCCCCCCCCCCCCCCOc1ccc(C(=O)C[n+]2cccc3ccccc32)cc1. The highest BCUT2D eigenvalue weighted by molar-refractivity contribution is 5.95. The summed E-state index contributed by atoms with van der Waals surface area (Å²) in [6.45, 7) is 3.37. The predicted molar refractivity (Wildman–Crippen MR) is 160 cm³/mol. The molecule has 0 amide bonds. The number of unbranched alkanes of at least 4 members (excludes halogenated alkanes) is 15. The number of nitrogens with zero attached hydrogens (tertiary/aromatic N) is 1. The second-order valence-electron chi connectivity index (χ2n) is 10.8. The van der Waals surface area contributed by atoms with Gasteiger partial charge < -0.3 is 4.74 Å². The van der Waals surface area contributed by atoms with Crippen molar-refractivity contribution in [3.05, 3.63) is 72.4 Å². The van der Waals surface area contributed by atoms with Crippen molar-refractivity contribution in [1.82, 2.24) is 0 Å². The molecule has 0 saturated heterocycles. The van der Waals surface area contributed by atoms with Crippen LogP contribution in [0.5, 0.6) is 5.75 Å². The van der Waals surface area contributed by atoms with Crippen LogP contribution in [-0.2, 0) is 6.54 Å². The van der Waals surface area contributed by atoms with Gasteiger partial charge in [0.25, 0.3) is 0 Å². The molecule has 1 aromatic heterocycles. The highest BCUT2D eigenvalue weighted by atomic mass is 16.5. The van der Waals surface area contributed by atoms with Gasteiger partial charge in [-0.2, -0.15) is 4.57 Å². The molecule has 0 unspecified atom stereocenters. The van der Waals surface area contributed by atoms with E-state index in [2.05, 4.69) is 25.1 Å². The molecule has 0 N–H and O–H groups in total. The highest BCUT2D eigenvalue weighted by Crippen LogP contribution is 2.16. The highest BCUT2D eigenvalue weighted by Gasteiger charge is 2.15. The van der Waals surface area contributed by atoms with Gasteiger partial charge in [0.1, 0.15) is 5.75 Å². The number of fused-ring (bicyclic) bond motifs is 1. The third-order valence-corrected chi connectivity index (χ3v) is 7.54. The summed E-state index contributed by atoms with van der Waals surface area (Å²) in [5.74, 6) is 0.955. The number of ketones is 1. The van der Waals surface area contributed by atoms with Gasteiger partial charge >= 0.3 is 0 Å². The maximum Gasteiger partial charge on any atom is 0.227 e. The van der Waals surface area contributed by atoms with Crippen LogP contribution in [0.3, 0.4) is 0 Å². The van der Waals surface area contributed by atoms with E-state index in [9.17, 15) is 4.79 Å². The molecular weight excluding hydrogens is 466 g/mol. The average molecular weight is 517 g/mol. The Bertz CT molecular complexity index is 1040. The summed E-state index contributed by atoms with van der Waals surface area (Å²) >= 11 is 0. The van der Waals surface area contributed by atoms with E-state index in [4.69, 9.17) is 4.74 Å². The second kappa shape index (κ2) is 18.6. The molecule has 0 atom stereocenters. The van der Waals surface area contributed by atoms with Gasteiger partial charge in [-0.15, -0.1) is 0 Å². The second-order valence-corrected chi connectivity index (χ2v) is 10.8. The zero-order chi connectivity index (χ0) is 26.7. The molecule has 1 heterocycles. The van der Waals surface area contributed by atoms with E-state index in [1.54, 1.807) is 0 Å². The van der Waals surface area contributed by atoms with E-state index in [-0.39, 0.29) is 5.78 Å². The third-order valence-electron chi connectivity index (χ3n) is 7.54. The number of para-hydroxylation sites is 1. The summed E-state index contributed by atoms with van der Waals surface area (Å²) in [7, 11) is 0. The van der Waals surface area contributed by atoms with Gasteiger partial charge in [0.15, 0.2) is 6.20 Å². The number of benzene rings is 2. The first kappa shape index (κ1) is 29.9. The van der Waals surface area contributed by atoms with E-state index < -0.39 is 0 Å². The summed E-state index contributed by atoms with van der Waals surface area (Å²) in [6, 6.07) is 19.8. The molecule has 0 bridgehead atoms. The first-order valence-electron chi connectivity index (χ1n) is 15.4. The van der Waals surface area contributed by atoms with Gasteiger partial charge in [0.05, 0.1) is 6.61 Å². The van der Waals surface area contributed by atoms with Gasteiger partial charge in [-0.1, -0.05) is 115 Å². The molecule has 0 aliphatic rings. The molecule has 3 heteroatoms. The van der Waals surface area contributed by atoms with Crippen molar-refractivity contribution < 1.29 is 14.1 Å². The Balaban J connectivity index is 1.18. The largest absolute Gasteiger partial charge is 0.494 e. The van der Waals surface area contributed by atoms with Crippen molar-refractivity contribution >= 4 is 16.7 Å². The van der Waals surface area contributed by atoms with Gasteiger partial charge in [0, 0.05) is 23.1 Å². The maximum absolute atomic E-state index is 12.8. The fourth-order valence-electron chi connectivity index (χ4n) is 5.18. The fraction of sp³-hybridized carbons (Fsp3) is 0.543. The molecule has 0 aliphatic carbocycles. The van der Waals surface area contributed by atoms with E-state index in [0.717, 1.165) is 35.2 Å². The monoisotopic (exact) mass is 516 g/mol. The van der Waals surface area contributed by atoms with E-state index in [1.807, 2.05) is 53.2 Å². The van der Waals surface area contributed by atoms with Gasteiger partial charge in [-0.3, -0.25) is 4.79 Å². The molecule has 3 nitrogen and oxygen atoms in total. The molecular formula is C35H50NO2+. The summed E-state index contributed by atoms with van der Waals surface area (Å²) in [5.41, 5.74) is 1.79. The van der Waals surface area contributed by atoms with E-state index in [0.29, 0.717) is 6.54 Å². The third kappa shape index (κ3) is 11.4. The molecule has 0 spiro atoms. The van der Waals surface area contributed by atoms with E-state index in [1.165, 1.54) is 96.3 Å².